The highest BCUT2D eigenvalue weighted by Gasteiger charge is 2.17. The van der Waals surface area contributed by atoms with E-state index < -0.39 is 0 Å². The molecule has 0 aliphatic rings. The summed E-state index contributed by atoms with van der Waals surface area (Å²) in [6.07, 6.45) is 5.25. The lowest BCUT2D eigenvalue weighted by atomic mass is 10.0. The monoisotopic (exact) mass is 493 g/mol. The summed E-state index contributed by atoms with van der Waals surface area (Å²) in [5, 5.41) is 8.53. The number of aromatic nitrogens is 6. The predicted octanol–water partition coefficient (Wildman–Crippen LogP) is 5.31. The molecule has 2 aromatic carbocycles. The molecule has 0 aliphatic carbocycles. The summed E-state index contributed by atoms with van der Waals surface area (Å²) in [6.45, 7) is 1.19. The molecule has 4 aromatic heterocycles. The fourth-order valence-corrected chi connectivity index (χ4v) is 4.32. The molecule has 0 atom stereocenters. The van der Waals surface area contributed by atoms with E-state index in [1.807, 2.05) is 61.6 Å². The Bertz CT molecular complexity index is 1710. The average Bonchev–Trinajstić information content (AvgIpc) is 3.52. The maximum Gasteiger partial charge on any atom is 0.178 e. The molecule has 0 amide bonds. The van der Waals surface area contributed by atoms with E-state index in [0.29, 0.717) is 40.6 Å². The number of nitrogens with one attached hydrogen (secondary N) is 2. The van der Waals surface area contributed by atoms with Crippen molar-refractivity contribution < 1.29 is 9.13 Å². The van der Waals surface area contributed by atoms with Crippen LogP contribution in [-0.4, -0.2) is 62.3 Å². The molecule has 0 bridgehead atoms. The number of pyridine rings is 2. The van der Waals surface area contributed by atoms with E-state index in [4.69, 9.17) is 9.72 Å². The normalized spacial score (nSPS) is 11.6. The van der Waals surface area contributed by atoms with Gasteiger partial charge in [0.25, 0.3) is 0 Å². The van der Waals surface area contributed by atoms with Gasteiger partial charge >= 0.3 is 0 Å². The summed E-state index contributed by atoms with van der Waals surface area (Å²) in [6, 6.07) is 16.6. The number of nitrogens with zero attached hydrogens (tertiary/aromatic N) is 5. The van der Waals surface area contributed by atoms with Gasteiger partial charge in [-0.2, -0.15) is 5.10 Å². The molecule has 2 N–H and O–H groups in total. The molecule has 184 valence electrons. The molecule has 6 rings (SSSR count). The van der Waals surface area contributed by atoms with Gasteiger partial charge in [-0.25, -0.2) is 14.4 Å². The van der Waals surface area contributed by atoms with Gasteiger partial charge in [0.2, 0.25) is 0 Å². The molecule has 37 heavy (non-hydrogen) atoms. The Morgan fingerprint density at radius 1 is 0.973 bits per heavy atom. The van der Waals surface area contributed by atoms with Crippen molar-refractivity contribution in [1.29, 1.82) is 0 Å². The molecule has 0 aliphatic heterocycles. The Balaban J connectivity index is 1.41. The second-order valence-corrected chi connectivity index (χ2v) is 9.04. The summed E-state index contributed by atoms with van der Waals surface area (Å²) < 4.78 is 20.3. The van der Waals surface area contributed by atoms with E-state index in [2.05, 4.69) is 31.2 Å². The van der Waals surface area contributed by atoms with Gasteiger partial charge < -0.3 is 14.6 Å². The number of rotatable bonds is 7. The van der Waals surface area contributed by atoms with Crippen LogP contribution in [0.1, 0.15) is 0 Å². The molecular formula is C28H24FN7O. The van der Waals surface area contributed by atoms with Gasteiger partial charge in [-0.3, -0.25) is 10.1 Å². The van der Waals surface area contributed by atoms with Crippen molar-refractivity contribution in [3.63, 3.8) is 0 Å². The van der Waals surface area contributed by atoms with Crippen molar-refractivity contribution in [2.45, 2.75) is 0 Å². The number of ether oxygens (including phenoxy) is 1. The Kier molecular flexibility index (Phi) is 5.82. The molecule has 0 fully saturated rings. The molecule has 9 heteroatoms. The van der Waals surface area contributed by atoms with Gasteiger partial charge in [0.05, 0.1) is 11.0 Å². The number of halogens is 1. The first-order chi connectivity index (χ1) is 18.0. The number of hydrogen-bond donors (Lipinski definition) is 2. The van der Waals surface area contributed by atoms with Crippen LogP contribution in [0.25, 0.3) is 55.8 Å². The van der Waals surface area contributed by atoms with Gasteiger partial charge in [-0.05, 0) is 61.6 Å². The summed E-state index contributed by atoms with van der Waals surface area (Å²) in [7, 11) is 3.93. The summed E-state index contributed by atoms with van der Waals surface area (Å²) in [5.41, 5.74) is 6.27. The zero-order valence-electron chi connectivity index (χ0n) is 20.4. The third-order valence-corrected chi connectivity index (χ3v) is 6.16. The lowest BCUT2D eigenvalue weighted by molar-refractivity contribution is 0.260. The minimum absolute atomic E-state index is 0.372. The van der Waals surface area contributed by atoms with Crippen LogP contribution in [0.15, 0.2) is 73.2 Å². The number of hydrogen-bond acceptors (Lipinski definition) is 6. The fraction of sp³-hybridized carbons (Fsp3) is 0.143. The zero-order valence-corrected chi connectivity index (χ0v) is 20.4. The molecule has 0 saturated carbocycles. The molecule has 0 unspecified atom stereocenters. The van der Waals surface area contributed by atoms with Crippen molar-refractivity contribution >= 4 is 22.1 Å². The Hall–Kier alpha value is -4.63. The molecule has 4 heterocycles. The van der Waals surface area contributed by atoms with Crippen molar-refractivity contribution in [2.24, 2.45) is 0 Å². The molecule has 0 radical (unpaired) electrons. The zero-order chi connectivity index (χ0) is 25.4. The minimum Gasteiger partial charge on any atom is -0.492 e. The van der Waals surface area contributed by atoms with Crippen LogP contribution in [0, 0.1) is 5.82 Å². The van der Waals surface area contributed by atoms with Crippen LogP contribution < -0.4 is 4.74 Å². The van der Waals surface area contributed by atoms with E-state index in [0.717, 1.165) is 34.1 Å². The van der Waals surface area contributed by atoms with Crippen LogP contribution in [0.5, 0.6) is 5.75 Å². The van der Waals surface area contributed by atoms with Crippen LogP contribution in [0.2, 0.25) is 0 Å². The number of benzene rings is 2. The summed E-state index contributed by atoms with van der Waals surface area (Å²) in [5.74, 6) is 0.675. The summed E-state index contributed by atoms with van der Waals surface area (Å²) >= 11 is 0. The molecule has 8 nitrogen and oxygen atoms in total. The Labute approximate surface area is 212 Å². The Morgan fingerprint density at radius 2 is 1.89 bits per heavy atom. The highest BCUT2D eigenvalue weighted by molar-refractivity contribution is 5.97. The number of fused-ring (bicyclic) bond motifs is 2. The highest BCUT2D eigenvalue weighted by atomic mass is 19.1. The van der Waals surface area contributed by atoms with E-state index >= 15 is 0 Å². The van der Waals surface area contributed by atoms with Crippen LogP contribution >= 0.6 is 0 Å². The van der Waals surface area contributed by atoms with Crippen LogP contribution in [-0.2, 0) is 0 Å². The second-order valence-electron chi connectivity index (χ2n) is 9.04. The number of imidazole rings is 1. The first-order valence-corrected chi connectivity index (χ1v) is 11.9. The molecule has 0 saturated heterocycles. The van der Waals surface area contributed by atoms with E-state index in [1.165, 1.54) is 12.1 Å². The van der Waals surface area contributed by atoms with Gasteiger partial charge in [0, 0.05) is 47.7 Å². The van der Waals surface area contributed by atoms with Crippen LogP contribution in [0.4, 0.5) is 4.39 Å². The van der Waals surface area contributed by atoms with E-state index in [1.54, 1.807) is 12.4 Å². The lowest BCUT2D eigenvalue weighted by Crippen LogP contribution is -2.19. The fourth-order valence-electron chi connectivity index (χ4n) is 4.32. The molecule has 0 spiro atoms. The minimum atomic E-state index is -0.372. The third-order valence-electron chi connectivity index (χ3n) is 6.16. The van der Waals surface area contributed by atoms with Crippen molar-refractivity contribution in [3.8, 4) is 39.5 Å². The maximum absolute atomic E-state index is 14.5. The number of H-pyrrole nitrogens is 2. The number of likely N-dealkylation sites (N-methyl/N-ethyl adjacent to an activating group) is 1. The SMILES string of the molecule is CN(C)CCOc1cc(F)cc(-c2ccnc3nc(-c4n[nH]c5ccc(-c6cccnc6)cc45)[nH]c23)c1. The topological polar surface area (TPSA) is 95.6 Å². The van der Waals surface area contributed by atoms with Gasteiger partial charge in [0.15, 0.2) is 11.5 Å². The van der Waals surface area contributed by atoms with Gasteiger partial charge in [-0.15, -0.1) is 0 Å². The van der Waals surface area contributed by atoms with Gasteiger partial charge in [0.1, 0.15) is 23.9 Å². The number of aromatic amines is 2. The second kappa shape index (κ2) is 9.44. The first kappa shape index (κ1) is 22.8. The third kappa shape index (κ3) is 4.52. The van der Waals surface area contributed by atoms with Crippen LogP contribution in [0.3, 0.4) is 0 Å². The van der Waals surface area contributed by atoms with Crippen molar-refractivity contribution in [3.05, 3.63) is 79.0 Å². The van der Waals surface area contributed by atoms with Gasteiger partial charge in [-0.1, -0.05) is 12.1 Å². The molecule has 6 aromatic rings. The Morgan fingerprint density at radius 3 is 2.73 bits per heavy atom. The van der Waals surface area contributed by atoms with Crippen molar-refractivity contribution in [2.75, 3.05) is 27.2 Å². The van der Waals surface area contributed by atoms with E-state index in [9.17, 15) is 4.39 Å². The predicted molar refractivity (Wildman–Crippen MR) is 142 cm³/mol. The summed E-state index contributed by atoms with van der Waals surface area (Å²) in [4.78, 5) is 18.8. The average molecular weight is 494 g/mol. The largest absolute Gasteiger partial charge is 0.492 e. The van der Waals surface area contributed by atoms with E-state index in [-0.39, 0.29) is 5.82 Å². The maximum atomic E-state index is 14.5. The lowest BCUT2D eigenvalue weighted by Gasteiger charge is -2.12. The molecular weight excluding hydrogens is 469 g/mol. The standard InChI is InChI=1S/C28H24FN7O/c1-36(2)10-11-37-21-13-19(12-20(29)15-21)22-7-9-31-27-25(22)32-28(33-27)26-23-14-17(5-6-24(23)34-35-26)18-4-3-8-30-16-18/h3-9,12-16H,10-11H2,1-2H3,(H,34,35)(H,31,32,33). The first-order valence-electron chi connectivity index (χ1n) is 11.9. The highest BCUT2D eigenvalue weighted by Crippen LogP contribution is 2.33. The smallest absolute Gasteiger partial charge is 0.178 e. The van der Waals surface area contributed by atoms with Crippen molar-refractivity contribution in [1.82, 2.24) is 35.0 Å². The quantitative estimate of drug-likeness (QED) is 0.313.